The van der Waals surface area contributed by atoms with Crippen molar-refractivity contribution in [3.8, 4) is 0 Å². The minimum Gasteiger partial charge on any atom is -0.322 e. The van der Waals surface area contributed by atoms with E-state index in [9.17, 15) is 18.0 Å². The molecule has 0 atom stereocenters. The molecule has 2 N–H and O–H groups in total. The summed E-state index contributed by atoms with van der Waals surface area (Å²) in [6.45, 7) is 0. The van der Waals surface area contributed by atoms with E-state index in [1.54, 1.807) is 72.8 Å². The van der Waals surface area contributed by atoms with E-state index in [-0.39, 0.29) is 10.8 Å². The summed E-state index contributed by atoms with van der Waals surface area (Å²) >= 11 is 1.32. The van der Waals surface area contributed by atoms with Crippen LogP contribution in [0, 0.1) is 0 Å². The molecular weight excluding hydrogens is 470 g/mol. The van der Waals surface area contributed by atoms with Crippen molar-refractivity contribution in [2.24, 2.45) is 0 Å². The highest BCUT2D eigenvalue weighted by atomic mass is 32.2. The zero-order valence-electron chi connectivity index (χ0n) is 18.1. The van der Waals surface area contributed by atoms with Gasteiger partial charge in [-0.15, -0.1) is 11.3 Å². The standard InChI is InChI=1S/C25H21N3O4S2/c1-28(21-11-3-2-4-12-21)34(31,32)22-13-6-10-20(17-22)26-24(29)18-8-5-9-19(16-18)27-25(30)23-14-7-15-33-23/h2-17H,1H3,(H,26,29)(H,27,30). The molecule has 1 aromatic heterocycles. The number of para-hydroxylation sites is 1. The zero-order valence-corrected chi connectivity index (χ0v) is 19.8. The summed E-state index contributed by atoms with van der Waals surface area (Å²) in [6.07, 6.45) is 0. The van der Waals surface area contributed by atoms with Gasteiger partial charge in [0.15, 0.2) is 0 Å². The number of sulfonamides is 1. The SMILES string of the molecule is CN(c1ccccc1)S(=O)(=O)c1cccc(NC(=O)c2cccc(NC(=O)c3cccs3)c2)c1. The van der Waals surface area contributed by atoms with Gasteiger partial charge in [0, 0.05) is 24.0 Å². The fourth-order valence-electron chi connectivity index (χ4n) is 3.21. The van der Waals surface area contributed by atoms with Crippen molar-refractivity contribution < 1.29 is 18.0 Å². The molecule has 0 saturated heterocycles. The van der Waals surface area contributed by atoms with E-state index in [1.807, 2.05) is 11.4 Å². The van der Waals surface area contributed by atoms with Crippen molar-refractivity contribution in [2.45, 2.75) is 4.90 Å². The fraction of sp³-hybridized carbons (Fsp3) is 0.0400. The lowest BCUT2D eigenvalue weighted by Crippen LogP contribution is -2.26. The molecule has 0 spiro atoms. The largest absolute Gasteiger partial charge is 0.322 e. The number of thiophene rings is 1. The molecule has 4 aromatic rings. The number of nitrogens with one attached hydrogen (secondary N) is 2. The second-order valence-electron chi connectivity index (χ2n) is 7.30. The Morgan fingerprint density at radius 1 is 0.765 bits per heavy atom. The first kappa shape index (κ1) is 23.2. The van der Waals surface area contributed by atoms with Crippen LogP contribution in [-0.4, -0.2) is 27.3 Å². The van der Waals surface area contributed by atoms with Gasteiger partial charge in [-0.05, 0) is 60.0 Å². The third-order valence-corrected chi connectivity index (χ3v) is 7.65. The Hall–Kier alpha value is -3.95. The number of rotatable bonds is 7. The van der Waals surface area contributed by atoms with Crippen LogP contribution in [-0.2, 0) is 10.0 Å². The Morgan fingerprint density at radius 3 is 2.15 bits per heavy atom. The highest BCUT2D eigenvalue weighted by molar-refractivity contribution is 7.92. The topological polar surface area (TPSA) is 95.6 Å². The molecule has 3 aromatic carbocycles. The number of anilines is 3. The molecule has 0 aliphatic rings. The molecule has 2 amide bonds. The first-order valence-electron chi connectivity index (χ1n) is 10.2. The summed E-state index contributed by atoms with van der Waals surface area (Å²) in [4.78, 5) is 25.7. The maximum Gasteiger partial charge on any atom is 0.265 e. The van der Waals surface area contributed by atoms with E-state index in [4.69, 9.17) is 0 Å². The van der Waals surface area contributed by atoms with E-state index in [2.05, 4.69) is 10.6 Å². The summed E-state index contributed by atoms with van der Waals surface area (Å²) in [5.41, 5.74) is 1.66. The second kappa shape index (κ2) is 9.90. The average Bonchev–Trinajstić information content (AvgIpc) is 3.40. The normalized spacial score (nSPS) is 11.0. The molecule has 172 valence electrons. The molecule has 9 heteroatoms. The maximum absolute atomic E-state index is 13.1. The smallest absolute Gasteiger partial charge is 0.265 e. The Kier molecular flexibility index (Phi) is 6.76. The molecule has 0 aliphatic heterocycles. The van der Waals surface area contributed by atoms with Crippen molar-refractivity contribution in [3.05, 3.63) is 107 Å². The van der Waals surface area contributed by atoms with Crippen LogP contribution in [0.5, 0.6) is 0 Å². The predicted molar refractivity (Wildman–Crippen MR) is 135 cm³/mol. The molecule has 0 unspecified atom stereocenters. The summed E-state index contributed by atoms with van der Waals surface area (Å²) < 4.78 is 27.3. The monoisotopic (exact) mass is 491 g/mol. The summed E-state index contributed by atoms with van der Waals surface area (Å²) in [5, 5.41) is 7.30. The van der Waals surface area contributed by atoms with E-state index in [1.165, 1.54) is 34.8 Å². The Balaban J connectivity index is 1.50. The lowest BCUT2D eigenvalue weighted by atomic mass is 10.1. The average molecular weight is 492 g/mol. The van der Waals surface area contributed by atoms with Gasteiger partial charge in [0.05, 0.1) is 15.5 Å². The summed E-state index contributed by atoms with van der Waals surface area (Å²) in [6, 6.07) is 24.8. The third-order valence-electron chi connectivity index (χ3n) is 5.00. The lowest BCUT2D eigenvalue weighted by molar-refractivity contribution is 0.101. The van der Waals surface area contributed by atoms with Gasteiger partial charge in [0.1, 0.15) is 0 Å². The van der Waals surface area contributed by atoms with Crippen molar-refractivity contribution in [1.29, 1.82) is 0 Å². The number of benzene rings is 3. The molecule has 4 rings (SSSR count). The first-order chi connectivity index (χ1) is 16.3. The van der Waals surface area contributed by atoms with Gasteiger partial charge in [0.2, 0.25) is 0 Å². The van der Waals surface area contributed by atoms with Crippen LogP contribution < -0.4 is 14.9 Å². The minimum absolute atomic E-state index is 0.0496. The first-order valence-corrected chi connectivity index (χ1v) is 12.6. The molecular formula is C25H21N3O4S2. The van der Waals surface area contributed by atoms with Crippen molar-refractivity contribution in [1.82, 2.24) is 0 Å². The molecule has 7 nitrogen and oxygen atoms in total. The number of hydrogen-bond donors (Lipinski definition) is 2. The predicted octanol–water partition coefficient (Wildman–Crippen LogP) is 5.08. The van der Waals surface area contributed by atoms with Crippen LogP contribution in [0.3, 0.4) is 0 Å². The van der Waals surface area contributed by atoms with E-state index >= 15 is 0 Å². The third kappa shape index (κ3) is 5.16. The zero-order chi connectivity index (χ0) is 24.1. The van der Waals surface area contributed by atoms with E-state index in [0.717, 1.165) is 0 Å². The second-order valence-corrected chi connectivity index (χ2v) is 10.2. The van der Waals surface area contributed by atoms with Crippen molar-refractivity contribution in [3.63, 3.8) is 0 Å². The van der Waals surface area contributed by atoms with Crippen molar-refractivity contribution >= 4 is 50.2 Å². The molecule has 0 saturated carbocycles. The minimum atomic E-state index is -3.82. The molecule has 34 heavy (non-hydrogen) atoms. The number of carbonyl (C=O) groups is 2. The van der Waals surface area contributed by atoms with Crippen molar-refractivity contribution in [2.75, 3.05) is 22.0 Å². The van der Waals surface area contributed by atoms with Crippen LogP contribution >= 0.6 is 11.3 Å². The summed E-state index contributed by atoms with van der Waals surface area (Å²) in [5.74, 6) is -0.689. The highest BCUT2D eigenvalue weighted by Gasteiger charge is 2.22. The van der Waals surface area contributed by atoms with Crippen LogP contribution in [0.1, 0.15) is 20.0 Å². The van der Waals surface area contributed by atoms with Crippen LogP contribution in [0.2, 0.25) is 0 Å². The van der Waals surface area contributed by atoms with Crippen LogP contribution in [0.4, 0.5) is 17.1 Å². The van der Waals surface area contributed by atoms with Gasteiger partial charge >= 0.3 is 0 Å². The van der Waals surface area contributed by atoms with Crippen LogP contribution in [0.25, 0.3) is 0 Å². The maximum atomic E-state index is 13.1. The molecule has 0 radical (unpaired) electrons. The summed E-state index contributed by atoms with van der Waals surface area (Å²) in [7, 11) is -2.34. The Labute approximate surface area is 201 Å². The van der Waals surface area contributed by atoms with Gasteiger partial charge in [-0.2, -0.15) is 0 Å². The van der Waals surface area contributed by atoms with E-state index < -0.39 is 15.9 Å². The molecule has 1 heterocycles. The molecule has 0 aliphatic carbocycles. The quantitative estimate of drug-likeness (QED) is 0.377. The van der Waals surface area contributed by atoms with Gasteiger partial charge in [-0.25, -0.2) is 8.42 Å². The van der Waals surface area contributed by atoms with Gasteiger partial charge in [-0.3, -0.25) is 13.9 Å². The number of carbonyl (C=O) groups excluding carboxylic acids is 2. The highest BCUT2D eigenvalue weighted by Crippen LogP contribution is 2.24. The molecule has 0 fully saturated rings. The van der Waals surface area contributed by atoms with Gasteiger partial charge in [0.25, 0.3) is 21.8 Å². The number of nitrogens with zero attached hydrogens (tertiary/aromatic N) is 1. The van der Waals surface area contributed by atoms with Crippen LogP contribution in [0.15, 0.2) is 101 Å². The fourth-order valence-corrected chi connectivity index (χ4v) is 5.07. The van der Waals surface area contributed by atoms with E-state index in [0.29, 0.717) is 27.5 Å². The Bertz CT molecular complexity index is 1420. The lowest BCUT2D eigenvalue weighted by Gasteiger charge is -2.20. The number of amides is 2. The molecule has 0 bridgehead atoms. The van der Waals surface area contributed by atoms with Gasteiger partial charge in [-0.1, -0.05) is 36.4 Å². The Morgan fingerprint density at radius 2 is 1.44 bits per heavy atom. The number of hydrogen-bond acceptors (Lipinski definition) is 5. The van der Waals surface area contributed by atoms with Gasteiger partial charge < -0.3 is 10.6 Å².